The number of piperidine rings is 1. The molecule has 1 aromatic carbocycles. The third-order valence-corrected chi connectivity index (χ3v) is 4.76. The zero-order chi connectivity index (χ0) is 16.1. The third kappa shape index (κ3) is 4.47. The Kier molecular flexibility index (Phi) is 5.16. The second kappa shape index (κ2) is 7.49. The average Bonchev–Trinajstić information content (AvgIpc) is 2.58. The van der Waals surface area contributed by atoms with Crippen molar-refractivity contribution in [2.24, 2.45) is 5.92 Å². The van der Waals surface area contributed by atoms with Crippen LogP contribution in [0.1, 0.15) is 44.9 Å². The molecule has 5 heteroatoms. The predicted molar refractivity (Wildman–Crippen MR) is 91.3 cm³/mol. The van der Waals surface area contributed by atoms with Gasteiger partial charge < -0.3 is 16.0 Å². The molecule has 23 heavy (non-hydrogen) atoms. The molecule has 0 aromatic heterocycles. The van der Waals surface area contributed by atoms with Crippen LogP contribution in [0.2, 0.25) is 0 Å². The van der Waals surface area contributed by atoms with Crippen molar-refractivity contribution in [3.05, 3.63) is 24.3 Å². The van der Waals surface area contributed by atoms with Gasteiger partial charge in [0.25, 0.3) is 0 Å². The topological polar surface area (TPSA) is 70.2 Å². The van der Waals surface area contributed by atoms with Crippen molar-refractivity contribution in [3.8, 4) is 0 Å². The van der Waals surface area contributed by atoms with Crippen LogP contribution in [0, 0.1) is 5.92 Å². The summed E-state index contributed by atoms with van der Waals surface area (Å²) in [6.07, 6.45) is 7.51. The van der Waals surface area contributed by atoms with E-state index in [1.807, 2.05) is 24.3 Å². The number of anilines is 2. The number of rotatable bonds is 4. The minimum Gasteiger partial charge on any atom is -0.382 e. The van der Waals surface area contributed by atoms with Crippen LogP contribution < -0.4 is 16.0 Å². The van der Waals surface area contributed by atoms with Crippen LogP contribution in [0.4, 0.5) is 11.4 Å². The molecule has 1 heterocycles. The molecule has 1 atom stereocenters. The summed E-state index contributed by atoms with van der Waals surface area (Å²) in [4.78, 5) is 23.3. The number of nitrogens with one attached hydrogen (secondary N) is 3. The molecule has 3 rings (SSSR count). The highest BCUT2D eigenvalue weighted by atomic mass is 16.2. The first kappa shape index (κ1) is 15.8. The number of hydrogen-bond acceptors (Lipinski definition) is 3. The molecule has 0 spiro atoms. The van der Waals surface area contributed by atoms with Gasteiger partial charge in [-0.3, -0.25) is 9.59 Å². The van der Waals surface area contributed by atoms with E-state index in [-0.39, 0.29) is 17.7 Å². The summed E-state index contributed by atoms with van der Waals surface area (Å²) >= 11 is 0. The van der Waals surface area contributed by atoms with Gasteiger partial charge in [0.05, 0.1) is 5.92 Å². The van der Waals surface area contributed by atoms with Gasteiger partial charge >= 0.3 is 0 Å². The lowest BCUT2D eigenvalue weighted by molar-refractivity contribution is -0.126. The molecule has 1 saturated heterocycles. The molecule has 124 valence electrons. The predicted octanol–water partition coefficient (Wildman–Crippen LogP) is 2.90. The largest absolute Gasteiger partial charge is 0.382 e. The highest BCUT2D eigenvalue weighted by molar-refractivity contribution is 5.94. The van der Waals surface area contributed by atoms with Crippen molar-refractivity contribution < 1.29 is 9.59 Å². The maximum atomic E-state index is 12.2. The number of hydrogen-bond donors (Lipinski definition) is 3. The summed E-state index contributed by atoms with van der Waals surface area (Å²) < 4.78 is 0. The second-order valence-electron chi connectivity index (χ2n) is 6.59. The van der Waals surface area contributed by atoms with Gasteiger partial charge in [0.2, 0.25) is 11.8 Å². The number of carbonyl (C=O) groups excluding carboxylic acids is 2. The molecule has 1 aromatic rings. The van der Waals surface area contributed by atoms with Crippen LogP contribution in [-0.2, 0) is 9.59 Å². The lowest BCUT2D eigenvalue weighted by Crippen LogP contribution is -2.40. The van der Waals surface area contributed by atoms with Gasteiger partial charge in [0, 0.05) is 30.4 Å². The van der Waals surface area contributed by atoms with Crippen LogP contribution in [0.5, 0.6) is 0 Å². The van der Waals surface area contributed by atoms with Gasteiger partial charge in [-0.15, -0.1) is 0 Å². The molecule has 0 unspecified atom stereocenters. The SMILES string of the molecule is O=C1CC[C@H](C(=O)Nc2ccc(NC3CCCCC3)cc2)CN1. The Morgan fingerprint density at radius 2 is 1.70 bits per heavy atom. The number of amides is 2. The van der Waals surface area contributed by atoms with Crippen molar-refractivity contribution in [1.82, 2.24) is 5.32 Å². The van der Waals surface area contributed by atoms with Gasteiger partial charge in [-0.05, 0) is 43.5 Å². The van der Waals surface area contributed by atoms with E-state index in [0.29, 0.717) is 25.4 Å². The van der Waals surface area contributed by atoms with E-state index >= 15 is 0 Å². The molecule has 1 saturated carbocycles. The highest BCUT2D eigenvalue weighted by Crippen LogP contribution is 2.23. The molecular weight excluding hydrogens is 290 g/mol. The van der Waals surface area contributed by atoms with Crippen LogP contribution in [-0.4, -0.2) is 24.4 Å². The lowest BCUT2D eigenvalue weighted by Gasteiger charge is -2.24. The van der Waals surface area contributed by atoms with Crippen molar-refractivity contribution >= 4 is 23.2 Å². The minimum absolute atomic E-state index is 0.0158. The Morgan fingerprint density at radius 3 is 2.35 bits per heavy atom. The van der Waals surface area contributed by atoms with Gasteiger partial charge in [-0.1, -0.05) is 19.3 Å². The first-order chi connectivity index (χ1) is 11.2. The van der Waals surface area contributed by atoms with E-state index < -0.39 is 0 Å². The minimum atomic E-state index is -0.132. The number of benzene rings is 1. The number of carbonyl (C=O) groups is 2. The van der Waals surface area contributed by atoms with E-state index in [4.69, 9.17) is 0 Å². The molecule has 3 N–H and O–H groups in total. The summed E-state index contributed by atoms with van der Waals surface area (Å²) in [5.74, 6) is -0.113. The van der Waals surface area contributed by atoms with E-state index in [1.54, 1.807) is 0 Å². The molecule has 1 aliphatic carbocycles. The van der Waals surface area contributed by atoms with Crippen molar-refractivity contribution in [2.45, 2.75) is 51.0 Å². The fraction of sp³-hybridized carbons (Fsp3) is 0.556. The molecule has 2 aliphatic rings. The summed E-state index contributed by atoms with van der Waals surface area (Å²) in [6, 6.07) is 8.49. The summed E-state index contributed by atoms with van der Waals surface area (Å²) in [6.45, 7) is 0.436. The maximum absolute atomic E-state index is 12.2. The van der Waals surface area contributed by atoms with Crippen molar-refractivity contribution in [2.75, 3.05) is 17.2 Å². The smallest absolute Gasteiger partial charge is 0.229 e. The van der Waals surface area contributed by atoms with E-state index in [0.717, 1.165) is 11.4 Å². The lowest BCUT2D eigenvalue weighted by atomic mass is 9.95. The molecular formula is C18H25N3O2. The van der Waals surface area contributed by atoms with E-state index in [2.05, 4.69) is 16.0 Å². The zero-order valence-corrected chi connectivity index (χ0v) is 13.4. The van der Waals surface area contributed by atoms with Crippen molar-refractivity contribution in [1.29, 1.82) is 0 Å². The molecule has 2 amide bonds. The molecule has 5 nitrogen and oxygen atoms in total. The Bertz CT molecular complexity index is 540. The zero-order valence-electron chi connectivity index (χ0n) is 13.4. The fourth-order valence-electron chi connectivity index (χ4n) is 3.33. The average molecular weight is 315 g/mol. The van der Waals surface area contributed by atoms with Crippen LogP contribution in [0.25, 0.3) is 0 Å². The molecule has 0 radical (unpaired) electrons. The third-order valence-electron chi connectivity index (χ3n) is 4.76. The highest BCUT2D eigenvalue weighted by Gasteiger charge is 2.24. The summed E-state index contributed by atoms with van der Waals surface area (Å²) in [5.41, 5.74) is 1.92. The quantitative estimate of drug-likeness (QED) is 0.800. The Hall–Kier alpha value is -2.04. The standard InChI is InChI=1S/C18H25N3O2/c22-17-11-6-13(12-19-17)18(23)21-16-9-7-15(8-10-16)20-14-4-2-1-3-5-14/h7-10,13-14,20H,1-6,11-12H2,(H,19,22)(H,21,23)/t13-/m0/s1. The maximum Gasteiger partial charge on any atom is 0.229 e. The van der Waals surface area contributed by atoms with E-state index in [9.17, 15) is 9.59 Å². The molecule has 0 bridgehead atoms. The van der Waals surface area contributed by atoms with Gasteiger partial charge in [-0.25, -0.2) is 0 Å². The fourth-order valence-corrected chi connectivity index (χ4v) is 3.33. The monoisotopic (exact) mass is 315 g/mol. The van der Waals surface area contributed by atoms with Crippen LogP contribution in [0.15, 0.2) is 24.3 Å². The van der Waals surface area contributed by atoms with Gasteiger partial charge in [0.1, 0.15) is 0 Å². The molecule has 1 aliphatic heterocycles. The summed E-state index contributed by atoms with van der Waals surface area (Å²) in [5, 5.41) is 9.25. The van der Waals surface area contributed by atoms with Crippen molar-refractivity contribution in [3.63, 3.8) is 0 Å². The Labute approximate surface area is 137 Å². The van der Waals surface area contributed by atoms with Crippen LogP contribution in [0.3, 0.4) is 0 Å². The first-order valence-electron chi connectivity index (χ1n) is 8.65. The van der Waals surface area contributed by atoms with Gasteiger partial charge in [-0.2, -0.15) is 0 Å². The molecule has 2 fully saturated rings. The summed E-state index contributed by atoms with van der Waals surface area (Å²) in [7, 11) is 0. The normalized spacial score (nSPS) is 22.3. The Balaban J connectivity index is 1.50. The second-order valence-corrected chi connectivity index (χ2v) is 6.59. The van der Waals surface area contributed by atoms with Crippen LogP contribution >= 0.6 is 0 Å². The van der Waals surface area contributed by atoms with Gasteiger partial charge in [0.15, 0.2) is 0 Å². The first-order valence-corrected chi connectivity index (χ1v) is 8.65. The van der Waals surface area contributed by atoms with E-state index in [1.165, 1.54) is 32.1 Å². The Morgan fingerprint density at radius 1 is 1.00 bits per heavy atom.